The Kier molecular flexibility index (Phi) is 6.09. The molecule has 0 spiro atoms. The molecule has 0 heterocycles. The zero-order valence-corrected chi connectivity index (χ0v) is 11.6. The van der Waals surface area contributed by atoms with Crippen molar-refractivity contribution in [1.29, 1.82) is 0 Å². The first-order chi connectivity index (χ1) is 9.12. The number of allylic oxidation sites excluding steroid dienone is 1. The molecule has 0 saturated carbocycles. The Balaban J connectivity index is 2.90. The second-order valence-electron chi connectivity index (χ2n) is 4.53. The van der Waals surface area contributed by atoms with E-state index in [4.69, 9.17) is 10.6 Å². The van der Waals surface area contributed by atoms with E-state index in [0.717, 1.165) is 12.0 Å². The molecular weight excluding hydrogens is 240 g/mol. The number of nitrogens with one attached hydrogen (secondary N) is 1. The van der Waals surface area contributed by atoms with Crippen molar-refractivity contribution in [3.8, 4) is 5.75 Å². The summed E-state index contributed by atoms with van der Waals surface area (Å²) in [6.45, 7) is 8.02. The lowest BCUT2D eigenvalue weighted by Crippen LogP contribution is -2.34. The standard InChI is InChI=1S/C15H22N2O2/c1-4-6-13-9-12(11(3)5-2)7-8-14(13)19-10-15(18)17-16/h4,7-9,11H,1,5-6,10,16H2,2-3H3,(H,17,18). The van der Waals surface area contributed by atoms with Crippen LogP contribution < -0.4 is 16.0 Å². The average molecular weight is 262 g/mol. The maximum Gasteiger partial charge on any atom is 0.271 e. The molecule has 0 bridgehead atoms. The van der Waals surface area contributed by atoms with E-state index in [1.165, 1.54) is 5.56 Å². The van der Waals surface area contributed by atoms with Gasteiger partial charge in [-0.2, -0.15) is 0 Å². The van der Waals surface area contributed by atoms with Gasteiger partial charge in [-0.05, 0) is 36.0 Å². The minimum Gasteiger partial charge on any atom is -0.483 e. The minimum atomic E-state index is -0.351. The highest BCUT2D eigenvalue weighted by atomic mass is 16.5. The van der Waals surface area contributed by atoms with Gasteiger partial charge in [-0.3, -0.25) is 10.2 Å². The fraction of sp³-hybridized carbons (Fsp3) is 0.400. The highest BCUT2D eigenvalue weighted by molar-refractivity contribution is 5.76. The van der Waals surface area contributed by atoms with Crippen LogP contribution in [0.1, 0.15) is 37.3 Å². The molecule has 0 fully saturated rings. The predicted octanol–water partition coefficient (Wildman–Crippen LogP) is 2.30. The molecule has 1 aromatic rings. The molecule has 19 heavy (non-hydrogen) atoms. The summed E-state index contributed by atoms with van der Waals surface area (Å²) >= 11 is 0. The number of ether oxygens (including phenoxy) is 1. The van der Waals surface area contributed by atoms with Gasteiger partial charge in [-0.15, -0.1) is 6.58 Å². The lowest BCUT2D eigenvalue weighted by molar-refractivity contribution is -0.123. The molecule has 104 valence electrons. The topological polar surface area (TPSA) is 64.3 Å². The van der Waals surface area contributed by atoms with Gasteiger partial charge < -0.3 is 4.74 Å². The van der Waals surface area contributed by atoms with Crippen LogP contribution in [0.25, 0.3) is 0 Å². The fourth-order valence-corrected chi connectivity index (χ4v) is 1.78. The fourth-order valence-electron chi connectivity index (χ4n) is 1.78. The summed E-state index contributed by atoms with van der Waals surface area (Å²) in [7, 11) is 0. The molecule has 1 unspecified atom stereocenters. The molecular formula is C15H22N2O2. The Labute approximate surface area is 114 Å². The first-order valence-corrected chi connectivity index (χ1v) is 6.48. The van der Waals surface area contributed by atoms with Crippen LogP contribution in [0.5, 0.6) is 5.75 Å². The number of hydrogen-bond acceptors (Lipinski definition) is 3. The van der Waals surface area contributed by atoms with E-state index in [2.05, 4.69) is 26.5 Å². The number of benzene rings is 1. The second-order valence-corrected chi connectivity index (χ2v) is 4.53. The van der Waals surface area contributed by atoms with Gasteiger partial charge in [0, 0.05) is 0 Å². The third-order valence-corrected chi connectivity index (χ3v) is 3.15. The van der Waals surface area contributed by atoms with Gasteiger partial charge in [0.15, 0.2) is 6.61 Å². The summed E-state index contributed by atoms with van der Waals surface area (Å²) in [5.74, 6) is 5.88. The van der Waals surface area contributed by atoms with Crippen molar-refractivity contribution in [2.45, 2.75) is 32.6 Å². The van der Waals surface area contributed by atoms with E-state index < -0.39 is 0 Å². The lowest BCUT2D eigenvalue weighted by Gasteiger charge is -2.14. The number of carbonyl (C=O) groups is 1. The van der Waals surface area contributed by atoms with Crippen LogP contribution in [0.4, 0.5) is 0 Å². The normalized spacial score (nSPS) is 11.7. The van der Waals surface area contributed by atoms with Gasteiger partial charge in [0.2, 0.25) is 0 Å². The SMILES string of the molecule is C=CCc1cc(C(C)CC)ccc1OCC(=O)NN. The van der Waals surface area contributed by atoms with Crippen LogP contribution in [0.2, 0.25) is 0 Å². The van der Waals surface area contributed by atoms with Gasteiger partial charge in [0.1, 0.15) is 5.75 Å². The second kappa shape index (κ2) is 7.59. The Morgan fingerprint density at radius 1 is 1.58 bits per heavy atom. The van der Waals surface area contributed by atoms with E-state index in [9.17, 15) is 4.79 Å². The summed E-state index contributed by atoms with van der Waals surface area (Å²) in [6, 6.07) is 6.06. The summed E-state index contributed by atoms with van der Waals surface area (Å²) in [5.41, 5.74) is 4.35. The third kappa shape index (κ3) is 4.41. The Morgan fingerprint density at radius 2 is 2.32 bits per heavy atom. The molecule has 1 rings (SSSR count). The summed E-state index contributed by atoms with van der Waals surface area (Å²) < 4.78 is 5.47. The minimum absolute atomic E-state index is 0.0800. The molecule has 1 atom stereocenters. The van der Waals surface area contributed by atoms with E-state index in [1.54, 1.807) is 0 Å². The summed E-state index contributed by atoms with van der Waals surface area (Å²) in [5, 5.41) is 0. The molecule has 3 N–H and O–H groups in total. The maximum atomic E-state index is 11.1. The molecule has 0 radical (unpaired) electrons. The zero-order valence-electron chi connectivity index (χ0n) is 11.6. The van der Waals surface area contributed by atoms with Crippen LogP contribution in [-0.2, 0) is 11.2 Å². The number of nitrogens with two attached hydrogens (primary N) is 1. The quantitative estimate of drug-likeness (QED) is 0.343. The highest BCUT2D eigenvalue weighted by Crippen LogP contribution is 2.26. The molecule has 4 nitrogen and oxygen atoms in total. The van der Waals surface area contributed by atoms with Crippen LogP contribution >= 0.6 is 0 Å². The van der Waals surface area contributed by atoms with Gasteiger partial charge in [0.05, 0.1) is 0 Å². The van der Waals surface area contributed by atoms with Crippen LogP contribution in [0, 0.1) is 0 Å². The van der Waals surface area contributed by atoms with Crippen LogP contribution in [0.3, 0.4) is 0 Å². The van der Waals surface area contributed by atoms with Crippen molar-refractivity contribution in [2.75, 3.05) is 6.61 Å². The Morgan fingerprint density at radius 3 is 2.89 bits per heavy atom. The molecule has 0 aliphatic carbocycles. The number of amides is 1. The predicted molar refractivity (Wildman–Crippen MR) is 76.9 cm³/mol. The van der Waals surface area contributed by atoms with E-state index >= 15 is 0 Å². The number of rotatable bonds is 7. The van der Waals surface area contributed by atoms with Crippen molar-refractivity contribution in [3.63, 3.8) is 0 Å². The van der Waals surface area contributed by atoms with Gasteiger partial charge in [0.25, 0.3) is 5.91 Å². The Bertz CT molecular complexity index is 444. The smallest absolute Gasteiger partial charge is 0.271 e. The van der Waals surface area contributed by atoms with Crippen molar-refractivity contribution >= 4 is 5.91 Å². The molecule has 0 aliphatic rings. The van der Waals surface area contributed by atoms with Crippen LogP contribution in [0.15, 0.2) is 30.9 Å². The van der Waals surface area contributed by atoms with E-state index in [1.807, 2.05) is 23.6 Å². The van der Waals surface area contributed by atoms with E-state index in [-0.39, 0.29) is 12.5 Å². The van der Waals surface area contributed by atoms with Gasteiger partial charge in [-0.25, -0.2) is 5.84 Å². The Hall–Kier alpha value is -1.81. The number of carbonyl (C=O) groups excluding carboxylic acids is 1. The molecule has 1 aromatic carbocycles. The molecule has 4 heteroatoms. The molecule has 1 amide bonds. The highest BCUT2D eigenvalue weighted by Gasteiger charge is 2.09. The third-order valence-electron chi connectivity index (χ3n) is 3.15. The molecule has 0 saturated heterocycles. The average Bonchev–Trinajstić information content (AvgIpc) is 2.44. The van der Waals surface area contributed by atoms with Crippen molar-refractivity contribution < 1.29 is 9.53 Å². The lowest BCUT2D eigenvalue weighted by atomic mass is 9.95. The van der Waals surface area contributed by atoms with Gasteiger partial charge >= 0.3 is 0 Å². The van der Waals surface area contributed by atoms with E-state index in [0.29, 0.717) is 18.1 Å². The maximum absolute atomic E-state index is 11.1. The monoisotopic (exact) mass is 262 g/mol. The largest absolute Gasteiger partial charge is 0.483 e. The number of hydrogen-bond donors (Lipinski definition) is 2. The van der Waals surface area contributed by atoms with Crippen molar-refractivity contribution in [2.24, 2.45) is 5.84 Å². The first kappa shape index (κ1) is 15.2. The summed E-state index contributed by atoms with van der Waals surface area (Å²) in [6.07, 6.45) is 3.62. The van der Waals surface area contributed by atoms with Gasteiger partial charge in [-0.1, -0.05) is 32.1 Å². The van der Waals surface area contributed by atoms with Crippen molar-refractivity contribution in [3.05, 3.63) is 42.0 Å². The van der Waals surface area contributed by atoms with Crippen molar-refractivity contribution in [1.82, 2.24) is 5.43 Å². The first-order valence-electron chi connectivity index (χ1n) is 6.48. The molecule has 0 aliphatic heterocycles. The zero-order chi connectivity index (χ0) is 14.3. The molecule has 0 aromatic heterocycles. The van der Waals surface area contributed by atoms with Crippen LogP contribution in [-0.4, -0.2) is 12.5 Å². The summed E-state index contributed by atoms with van der Waals surface area (Å²) in [4.78, 5) is 11.1. The number of hydrazine groups is 1.